The minimum atomic E-state index is -0.368. The normalized spacial score (nSPS) is 42.0. The molecule has 2 amide bonds. The maximum atomic E-state index is 12.6. The first kappa shape index (κ1) is 16.4. The number of nitrogens with one attached hydrogen (secondary N) is 1. The first-order chi connectivity index (χ1) is 11.4. The molecule has 0 radical (unpaired) electrons. The average molecular weight is 332 g/mol. The van der Waals surface area contributed by atoms with Gasteiger partial charge in [-0.05, 0) is 87.4 Å². The number of hydrogen-bond donors (Lipinski definition) is 1. The highest BCUT2D eigenvalue weighted by atomic mass is 16.2. The fraction of sp³-hybridized carbons (Fsp3) is 0.900. The molecule has 4 nitrogen and oxygen atoms in total. The minimum Gasteiger partial charge on any atom is -0.345 e. The van der Waals surface area contributed by atoms with Gasteiger partial charge in [-0.1, -0.05) is 6.92 Å². The molecule has 4 saturated carbocycles. The number of carbonyl (C=O) groups is 2. The van der Waals surface area contributed by atoms with Crippen molar-refractivity contribution in [3.05, 3.63) is 0 Å². The van der Waals surface area contributed by atoms with Gasteiger partial charge in [-0.25, -0.2) is 0 Å². The van der Waals surface area contributed by atoms with Crippen molar-refractivity contribution < 1.29 is 9.59 Å². The van der Waals surface area contributed by atoms with Crippen molar-refractivity contribution in [1.82, 2.24) is 10.2 Å². The van der Waals surface area contributed by atoms with Crippen LogP contribution < -0.4 is 5.32 Å². The molecule has 1 N–H and O–H groups in total. The van der Waals surface area contributed by atoms with E-state index in [1.165, 1.54) is 38.5 Å². The topological polar surface area (TPSA) is 49.4 Å². The van der Waals surface area contributed by atoms with Crippen molar-refractivity contribution in [2.75, 3.05) is 13.1 Å². The van der Waals surface area contributed by atoms with Gasteiger partial charge in [-0.3, -0.25) is 9.59 Å². The third kappa shape index (κ3) is 2.86. The Morgan fingerprint density at radius 3 is 2.21 bits per heavy atom. The van der Waals surface area contributed by atoms with E-state index in [0.29, 0.717) is 5.92 Å². The molecule has 0 aromatic rings. The molecule has 0 spiro atoms. The summed E-state index contributed by atoms with van der Waals surface area (Å²) in [6.07, 6.45) is 10.2. The summed E-state index contributed by atoms with van der Waals surface area (Å²) in [5, 5.41) is 3.12. The lowest BCUT2D eigenvalue weighted by Gasteiger charge is -2.59. The van der Waals surface area contributed by atoms with Crippen LogP contribution in [0.2, 0.25) is 0 Å². The molecule has 1 saturated heterocycles. The van der Waals surface area contributed by atoms with E-state index in [1.807, 2.05) is 0 Å². The van der Waals surface area contributed by atoms with Crippen molar-refractivity contribution in [2.45, 2.75) is 71.3 Å². The molecule has 4 heteroatoms. The standard InChI is InChI=1S/C20H32N2O2/c1-13-4-3-5-22(12-13)19(24)18(23)21-14(2)20-9-15-6-16(10-20)8-17(7-15)11-20/h13-17H,3-12H2,1-2H3,(H,21,23). The van der Waals surface area contributed by atoms with Gasteiger partial charge in [0.15, 0.2) is 0 Å². The van der Waals surface area contributed by atoms with E-state index in [0.717, 1.165) is 43.7 Å². The lowest BCUT2D eigenvalue weighted by atomic mass is 9.48. The van der Waals surface area contributed by atoms with Crippen LogP contribution in [0.1, 0.15) is 65.2 Å². The quantitative estimate of drug-likeness (QED) is 0.790. The van der Waals surface area contributed by atoms with E-state index >= 15 is 0 Å². The Hall–Kier alpha value is -1.06. The molecule has 1 aliphatic heterocycles. The smallest absolute Gasteiger partial charge is 0.311 e. The Morgan fingerprint density at radius 1 is 1.08 bits per heavy atom. The first-order valence-electron chi connectivity index (χ1n) is 10.0. The second-order valence-corrected chi connectivity index (χ2v) is 9.47. The van der Waals surface area contributed by atoms with Crippen molar-refractivity contribution in [3.63, 3.8) is 0 Å². The molecule has 4 bridgehead atoms. The molecule has 4 aliphatic carbocycles. The van der Waals surface area contributed by atoms with Gasteiger partial charge in [-0.15, -0.1) is 0 Å². The Balaban J connectivity index is 1.39. The minimum absolute atomic E-state index is 0.129. The predicted octanol–water partition coefficient (Wildman–Crippen LogP) is 2.97. The zero-order valence-corrected chi connectivity index (χ0v) is 15.2. The molecule has 24 heavy (non-hydrogen) atoms. The van der Waals surface area contributed by atoms with E-state index in [1.54, 1.807) is 4.90 Å². The Morgan fingerprint density at radius 2 is 1.67 bits per heavy atom. The summed E-state index contributed by atoms with van der Waals surface area (Å²) in [5.74, 6) is 2.44. The van der Waals surface area contributed by atoms with E-state index in [9.17, 15) is 9.59 Å². The van der Waals surface area contributed by atoms with Gasteiger partial charge < -0.3 is 10.2 Å². The molecule has 5 rings (SSSR count). The van der Waals surface area contributed by atoms with Crippen molar-refractivity contribution in [2.24, 2.45) is 29.1 Å². The maximum absolute atomic E-state index is 12.6. The second kappa shape index (κ2) is 6.03. The number of likely N-dealkylation sites (tertiary alicyclic amines) is 1. The van der Waals surface area contributed by atoms with Crippen LogP contribution in [-0.4, -0.2) is 35.8 Å². The van der Waals surface area contributed by atoms with Crippen LogP contribution in [0.15, 0.2) is 0 Å². The molecular weight excluding hydrogens is 300 g/mol. The summed E-state index contributed by atoms with van der Waals surface area (Å²) < 4.78 is 0. The van der Waals surface area contributed by atoms with Crippen LogP contribution in [0.25, 0.3) is 0 Å². The van der Waals surface area contributed by atoms with Gasteiger partial charge in [-0.2, -0.15) is 0 Å². The highest BCUT2D eigenvalue weighted by Gasteiger charge is 2.53. The molecule has 1 heterocycles. The van der Waals surface area contributed by atoms with E-state index in [-0.39, 0.29) is 23.3 Å². The van der Waals surface area contributed by atoms with Gasteiger partial charge in [0.25, 0.3) is 0 Å². The van der Waals surface area contributed by atoms with Crippen molar-refractivity contribution >= 4 is 11.8 Å². The molecule has 0 aromatic carbocycles. The number of amides is 2. The monoisotopic (exact) mass is 332 g/mol. The van der Waals surface area contributed by atoms with Crippen LogP contribution in [0, 0.1) is 29.1 Å². The summed E-state index contributed by atoms with van der Waals surface area (Å²) >= 11 is 0. The van der Waals surface area contributed by atoms with Gasteiger partial charge in [0.05, 0.1) is 0 Å². The van der Waals surface area contributed by atoms with Crippen LogP contribution in [0.3, 0.4) is 0 Å². The van der Waals surface area contributed by atoms with Gasteiger partial charge in [0.2, 0.25) is 0 Å². The maximum Gasteiger partial charge on any atom is 0.311 e. The number of piperidine rings is 1. The summed E-state index contributed by atoms with van der Waals surface area (Å²) in [7, 11) is 0. The third-order valence-corrected chi connectivity index (χ3v) is 7.49. The van der Waals surface area contributed by atoms with Gasteiger partial charge in [0, 0.05) is 19.1 Å². The van der Waals surface area contributed by atoms with Crippen LogP contribution >= 0.6 is 0 Å². The Labute approximate surface area is 145 Å². The number of rotatable bonds is 2. The summed E-state index contributed by atoms with van der Waals surface area (Å²) in [5.41, 5.74) is 0.264. The average Bonchev–Trinajstić information content (AvgIpc) is 2.52. The summed E-state index contributed by atoms with van der Waals surface area (Å²) in [6.45, 7) is 5.78. The highest BCUT2D eigenvalue weighted by molar-refractivity contribution is 6.35. The van der Waals surface area contributed by atoms with Gasteiger partial charge in [0.1, 0.15) is 0 Å². The first-order valence-corrected chi connectivity index (χ1v) is 10.0. The summed E-state index contributed by atoms with van der Waals surface area (Å²) in [4.78, 5) is 26.8. The molecular formula is C20H32N2O2. The molecule has 5 aliphatic rings. The van der Waals surface area contributed by atoms with E-state index < -0.39 is 0 Å². The molecule has 0 aromatic heterocycles. The van der Waals surface area contributed by atoms with Crippen LogP contribution in [-0.2, 0) is 9.59 Å². The lowest BCUT2D eigenvalue weighted by molar-refractivity contribution is -0.148. The van der Waals surface area contributed by atoms with Crippen LogP contribution in [0.4, 0.5) is 0 Å². The fourth-order valence-electron chi connectivity index (χ4n) is 6.64. The summed E-state index contributed by atoms with van der Waals surface area (Å²) in [6, 6.07) is 0.129. The van der Waals surface area contributed by atoms with Crippen molar-refractivity contribution in [3.8, 4) is 0 Å². The fourth-order valence-corrected chi connectivity index (χ4v) is 6.64. The molecule has 5 fully saturated rings. The van der Waals surface area contributed by atoms with Gasteiger partial charge >= 0.3 is 11.8 Å². The second-order valence-electron chi connectivity index (χ2n) is 9.47. The Kier molecular flexibility index (Phi) is 4.12. The molecule has 134 valence electrons. The number of nitrogens with zero attached hydrogens (tertiary/aromatic N) is 1. The zero-order valence-electron chi connectivity index (χ0n) is 15.2. The van der Waals surface area contributed by atoms with Crippen molar-refractivity contribution in [1.29, 1.82) is 0 Å². The zero-order chi connectivity index (χ0) is 16.9. The lowest BCUT2D eigenvalue weighted by Crippen LogP contribution is -2.58. The SMILES string of the molecule is CC1CCCN(C(=O)C(=O)NC(C)C23CC4CC(CC(C4)C2)C3)C1. The number of hydrogen-bond acceptors (Lipinski definition) is 2. The van der Waals surface area contributed by atoms with E-state index in [4.69, 9.17) is 0 Å². The van der Waals surface area contributed by atoms with E-state index in [2.05, 4.69) is 19.2 Å². The third-order valence-electron chi connectivity index (χ3n) is 7.49. The number of carbonyl (C=O) groups excluding carboxylic acids is 2. The largest absolute Gasteiger partial charge is 0.345 e. The highest BCUT2D eigenvalue weighted by Crippen LogP contribution is 2.61. The van der Waals surface area contributed by atoms with Crippen LogP contribution in [0.5, 0.6) is 0 Å². The Bertz CT molecular complexity index is 494. The molecule has 2 unspecified atom stereocenters. The molecule has 2 atom stereocenters. The predicted molar refractivity (Wildman–Crippen MR) is 93.2 cm³/mol.